The summed E-state index contributed by atoms with van der Waals surface area (Å²) in [5, 5.41) is 0. The lowest BCUT2D eigenvalue weighted by Crippen LogP contribution is -2.37. The molecule has 24 heavy (non-hydrogen) atoms. The van der Waals surface area contributed by atoms with Crippen LogP contribution in [0.2, 0.25) is 0 Å². The molecule has 7 heteroatoms. The Labute approximate surface area is 147 Å². The van der Waals surface area contributed by atoms with E-state index in [1.165, 1.54) is 4.90 Å². The van der Waals surface area contributed by atoms with E-state index < -0.39 is 0 Å². The first kappa shape index (κ1) is 18.4. The second-order valence-electron chi connectivity index (χ2n) is 6.64. The zero-order valence-electron chi connectivity index (χ0n) is 13.7. The minimum absolute atomic E-state index is 0. The number of likely N-dealkylation sites (tertiary alicyclic amines) is 1. The fraction of sp³-hybridized carbons (Fsp3) is 0.471. The standard InChI is InChI=1S/C17H21N3O3.ClH/c1-17(10-18)7-9-19(11-17)14(21)6-8-20-15(22)12-4-2-3-5-13(12)16(20)23;/h2-5H,6-11,18H2,1H3;1H. The van der Waals surface area contributed by atoms with Crippen molar-refractivity contribution in [3.63, 3.8) is 0 Å². The molecule has 1 aromatic rings. The Hall–Kier alpha value is -1.92. The molecule has 0 aromatic heterocycles. The monoisotopic (exact) mass is 351 g/mol. The second kappa shape index (κ2) is 6.91. The maximum Gasteiger partial charge on any atom is 0.261 e. The zero-order valence-corrected chi connectivity index (χ0v) is 14.5. The lowest BCUT2D eigenvalue weighted by molar-refractivity contribution is -0.130. The van der Waals surface area contributed by atoms with E-state index in [9.17, 15) is 14.4 Å². The molecule has 1 atom stereocenters. The molecule has 3 amide bonds. The number of fused-ring (bicyclic) bond motifs is 1. The van der Waals surface area contributed by atoms with Crippen LogP contribution in [0.5, 0.6) is 0 Å². The number of imide groups is 1. The number of carbonyl (C=O) groups excluding carboxylic acids is 3. The average Bonchev–Trinajstić information content (AvgIpc) is 3.07. The molecule has 1 aromatic carbocycles. The van der Waals surface area contributed by atoms with Gasteiger partial charge in [-0.05, 0) is 30.5 Å². The number of carbonyl (C=O) groups is 3. The highest BCUT2D eigenvalue weighted by atomic mass is 35.5. The van der Waals surface area contributed by atoms with E-state index in [1.54, 1.807) is 29.2 Å². The normalized spacial score (nSPS) is 22.6. The van der Waals surface area contributed by atoms with E-state index >= 15 is 0 Å². The van der Waals surface area contributed by atoms with E-state index in [2.05, 4.69) is 6.92 Å². The van der Waals surface area contributed by atoms with Crippen LogP contribution in [0, 0.1) is 5.41 Å². The van der Waals surface area contributed by atoms with Crippen LogP contribution in [0.25, 0.3) is 0 Å². The van der Waals surface area contributed by atoms with Crippen molar-refractivity contribution in [2.24, 2.45) is 11.1 Å². The Balaban J connectivity index is 0.00000208. The summed E-state index contributed by atoms with van der Waals surface area (Å²) in [7, 11) is 0. The van der Waals surface area contributed by atoms with Gasteiger partial charge in [0.1, 0.15) is 0 Å². The highest BCUT2D eigenvalue weighted by molar-refractivity contribution is 6.21. The van der Waals surface area contributed by atoms with Gasteiger partial charge in [-0.25, -0.2) is 0 Å². The van der Waals surface area contributed by atoms with Crippen molar-refractivity contribution in [3.8, 4) is 0 Å². The van der Waals surface area contributed by atoms with Gasteiger partial charge in [0.25, 0.3) is 11.8 Å². The predicted octanol–water partition coefficient (Wildman–Crippen LogP) is 1.29. The van der Waals surface area contributed by atoms with Crippen molar-refractivity contribution in [1.29, 1.82) is 0 Å². The van der Waals surface area contributed by atoms with Crippen molar-refractivity contribution in [2.45, 2.75) is 19.8 Å². The molecule has 0 saturated carbocycles. The zero-order chi connectivity index (χ0) is 16.6. The van der Waals surface area contributed by atoms with Crippen LogP contribution in [-0.4, -0.2) is 53.7 Å². The number of amides is 3. The van der Waals surface area contributed by atoms with Gasteiger partial charge in [-0.1, -0.05) is 19.1 Å². The van der Waals surface area contributed by atoms with E-state index in [-0.39, 0.29) is 48.5 Å². The highest BCUT2D eigenvalue weighted by Crippen LogP contribution is 2.29. The number of hydrogen-bond acceptors (Lipinski definition) is 4. The molecule has 0 bridgehead atoms. The molecule has 130 valence electrons. The average molecular weight is 352 g/mol. The second-order valence-corrected chi connectivity index (χ2v) is 6.64. The lowest BCUT2D eigenvalue weighted by Gasteiger charge is -2.23. The molecule has 2 aliphatic heterocycles. The molecule has 1 fully saturated rings. The quantitative estimate of drug-likeness (QED) is 0.828. The molecular formula is C17H22ClN3O3. The molecule has 1 saturated heterocycles. The Kier molecular flexibility index (Phi) is 5.30. The van der Waals surface area contributed by atoms with Gasteiger partial charge in [0.05, 0.1) is 11.1 Å². The molecule has 1 unspecified atom stereocenters. The highest BCUT2D eigenvalue weighted by Gasteiger charge is 2.37. The molecule has 3 rings (SSSR count). The van der Waals surface area contributed by atoms with E-state index in [0.29, 0.717) is 30.8 Å². The molecule has 6 nitrogen and oxygen atoms in total. The van der Waals surface area contributed by atoms with Gasteiger partial charge in [0.15, 0.2) is 0 Å². The van der Waals surface area contributed by atoms with Crippen molar-refractivity contribution in [1.82, 2.24) is 9.80 Å². The largest absolute Gasteiger partial charge is 0.342 e. The van der Waals surface area contributed by atoms with Crippen molar-refractivity contribution < 1.29 is 14.4 Å². The van der Waals surface area contributed by atoms with Gasteiger partial charge in [-0.3, -0.25) is 19.3 Å². The summed E-state index contributed by atoms with van der Waals surface area (Å²) in [4.78, 5) is 39.8. The predicted molar refractivity (Wildman–Crippen MR) is 92.0 cm³/mol. The third-order valence-corrected chi connectivity index (χ3v) is 4.83. The molecule has 2 aliphatic rings. The van der Waals surface area contributed by atoms with Crippen LogP contribution >= 0.6 is 12.4 Å². The minimum atomic E-state index is -0.313. The van der Waals surface area contributed by atoms with Crippen molar-refractivity contribution in [3.05, 3.63) is 35.4 Å². The molecule has 2 N–H and O–H groups in total. The summed E-state index contributed by atoms with van der Waals surface area (Å²) >= 11 is 0. The van der Waals surface area contributed by atoms with E-state index in [0.717, 1.165) is 6.42 Å². The third-order valence-electron chi connectivity index (χ3n) is 4.83. The molecule has 2 heterocycles. The van der Waals surface area contributed by atoms with Crippen LogP contribution in [-0.2, 0) is 4.79 Å². The lowest BCUT2D eigenvalue weighted by atomic mass is 9.90. The number of halogens is 1. The summed E-state index contributed by atoms with van der Waals surface area (Å²) in [6, 6.07) is 6.75. The number of rotatable bonds is 4. The van der Waals surface area contributed by atoms with Gasteiger partial charge in [0, 0.05) is 26.1 Å². The number of nitrogens with two attached hydrogens (primary N) is 1. The van der Waals surface area contributed by atoms with Crippen LogP contribution in [0.1, 0.15) is 40.5 Å². The SMILES string of the molecule is CC1(CN)CCN(C(=O)CCN2C(=O)c3ccccc3C2=O)C1.Cl. The summed E-state index contributed by atoms with van der Waals surface area (Å²) < 4.78 is 0. The van der Waals surface area contributed by atoms with E-state index in [1.807, 2.05) is 0 Å². The first-order valence-corrected chi connectivity index (χ1v) is 7.88. The Morgan fingerprint density at radius 3 is 2.29 bits per heavy atom. The topological polar surface area (TPSA) is 83.7 Å². The van der Waals surface area contributed by atoms with Crippen LogP contribution in [0.4, 0.5) is 0 Å². The maximum absolute atomic E-state index is 12.3. The van der Waals surface area contributed by atoms with Gasteiger partial charge in [-0.2, -0.15) is 0 Å². The van der Waals surface area contributed by atoms with E-state index in [4.69, 9.17) is 5.73 Å². The number of nitrogens with zero attached hydrogens (tertiary/aromatic N) is 2. The smallest absolute Gasteiger partial charge is 0.261 e. The summed E-state index contributed by atoms with van der Waals surface area (Å²) in [6.45, 7) is 4.08. The molecule has 0 radical (unpaired) electrons. The maximum atomic E-state index is 12.3. The number of hydrogen-bond donors (Lipinski definition) is 1. The Morgan fingerprint density at radius 1 is 1.21 bits per heavy atom. The Bertz CT molecular complexity index is 644. The fourth-order valence-corrected chi connectivity index (χ4v) is 3.21. The summed E-state index contributed by atoms with van der Waals surface area (Å²) in [6.07, 6.45) is 1.05. The van der Waals surface area contributed by atoms with Crippen molar-refractivity contribution in [2.75, 3.05) is 26.2 Å². The Morgan fingerprint density at radius 2 is 1.79 bits per heavy atom. The first-order chi connectivity index (χ1) is 10.9. The summed E-state index contributed by atoms with van der Waals surface area (Å²) in [5.41, 5.74) is 6.57. The van der Waals surface area contributed by atoms with Crippen LogP contribution in [0.3, 0.4) is 0 Å². The molecular weight excluding hydrogens is 330 g/mol. The van der Waals surface area contributed by atoms with Gasteiger partial charge in [0.2, 0.25) is 5.91 Å². The minimum Gasteiger partial charge on any atom is -0.342 e. The van der Waals surface area contributed by atoms with Crippen LogP contribution < -0.4 is 5.73 Å². The van der Waals surface area contributed by atoms with Gasteiger partial charge in [-0.15, -0.1) is 12.4 Å². The van der Waals surface area contributed by atoms with Gasteiger partial charge < -0.3 is 10.6 Å². The third kappa shape index (κ3) is 3.16. The van der Waals surface area contributed by atoms with Gasteiger partial charge >= 0.3 is 0 Å². The number of benzene rings is 1. The molecule has 0 aliphatic carbocycles. The summed E-state index contributed by atoms with van der Waals surface area (Å²) in [5.74, 6) is -0.656. The molecule has 0 spiro atoms. The first-order valence-electron chi connectivity index (χ1n) is 7.88. The van der Waals surface area contributed by atoms with Crippen LogP contribution in [0.15, 0.2) is 24.3 Å². The fourth-order valence-electron chi connectivity index (χ4n) is 3.21. The van der Waals surface area contributed by atoms with Crippen molar-refractivity contribution >= 4 is 30.1 Å².